The van der Waals surface area contributed by atoms with Crippen LogP contribution in [0, 0.1) is 17.2 Å². The second-order valence-electron chi connectivity index (χ2n) is 5.99. The van der Waals surface area contributed by atoms with E-state index in [0.29, 0.717) is 6.04 Å². The van der Waals surface area contributed by atoms with Crippen molar-refractivity contribution in [2.45, 2.75) is 39.2 Å². The van der Waals surface area contributed by atoms with Crippen LogP contribution in [-0.2, 0) is 0 Å². The minimum Gasteiger partial charge on any atom is -0.384 e. The molecule has 1 fully saturated rings. The molecule has 1 aliphatic rings. The minimum absolute atomic E-state index is 0.134. The summed E-state index contributed by atoms with van der Waals surface area (Å²) in [6, 6.07) is 8.64. The highest BCUT2D eigenvalue weighted by Crippen LogP contribution is 2.33. The van der Waals surface area contributed by atoms with E-state index in [4.69, 9.17) is 11.1 Å². The van der Waals surface area contributed by atoms with Gasteiger partial charge in [0, 0.05) is 24.3 Å². The fraction of sp³-hybridized carbons (Fsp3) is 0.562. The van der Waals surface area contributed by atoms with E-state index in [1.54, 1.807) is 0 Å². The van der Waals surface area contributed by atoms with Gasteiger partial charge in [-0.25, -0.2) is 0 Å². The number of benzene rings is 1. The van der Waals surface area contributed by atoms with Crippen molar-refractivity contribution < 1.29 is 0 Å². The molecule has 1 aromatic rings. The maximum atomic E-state index is 7.42. The Kier molecular flexibility index (Phi) is 4.13. The van der Waals surface area contributed by atoms with Crippen LogP contribution in [0.5, 0.6) is 0 Å². The molecule has 0 bridgehead atoms. The number of nitrogens with two attached hydrogens (primary N) is 1. The third-order valence-electron chi connectivity index (χ3n) is 4.70. The van der Waals surface area contributed by atoms with Gasteiger partial charge in [0.15, 0.2) is 0 Å². The maximum absolute atomic E-state index is 7.42. The van der Waals surface area contributed by atoms with Crippen LogP contribution in [-0.4, -0.2) is 18.9 Å². The first-order chi connectivity index (χ1) is 8.99. The molecule has 0 amide bonds. The molecule has 19 heavy (non-hydrogen) atoms. The van der Waals surface area contributed by atoms with Crippen LogP contribution in [0.3, 0.4) is 0 Å². The first-order valence-corrected chi connectivity index (χ1v) is 7.16. The van der Waals surface area contributed by atoms with Gasteiger partial charge in [0.05, 0.1) is 0 Å². The molecule has 3 nitrogen and oxygen atoms in total. The summed E-state index contributed by atoms with van der Waals surface area (Å²) in [5.41, 5.74) is 7.50. The first kappa shape index (κ1) is 13.9. The van der Waals surface area contributed by atoms with E-state index in [2.05, 4.69) is 37.9 Å². The molecule has 1 saturated carbocycles. The van der Waals surface area contributed by atoms with Crippen molar-refractivity contribution in [2.24, 2.45) is 17.6 Å². The SMILES string of the molecule is CC1CCC(N(C)c2ccc(C(=N)N)cc2)CC1C. The highest BCUT2D eigenvalue weighted by molar-refractivity contribution is 5.95. The standard InChI is InChI=1S/C16H25N3/c1-11-4-7-15(10-12(11)2)19(3)14-8-5-13(6-9-14)16(17)18/h5-6,8-9,11-12,15H,4,7,10H2,1-3H3,(H3,17,18). The normalized spacial score (nSPS) is 27.0. The number of rotatable bonds is 3. The summed E-state index contributed by atoms with van der Waals surface area (Å²) in [5, 5.41) is 7.42. The summed E-state index contributed by atoms with van der Waals surface area (Å²) in [7, 11) is 2.18. The fourth-order valence-corrected chi connectivity index (χ4v) is 2.96. The zero-order valence-electron chi connectivity index (χ0n) is 12.2. The van der Waals surface area contributed by atoms with E-state index < -0.39 is 0 Å². The van der Waals surface area contributed by atoms with Crippen LogP contribution in [0.4, 0.5) is 5.69 Å². The fourth-order valence-electron chi connectivity index (χ4n) is 2.96. The van der Waals surface area contributed by atoms with Crippen LogP contribution < -0.4 is 10.6 Å². The molecule has 1 aromatic carbocycles. The van der Waals surface area contributed by atoms with Crippen molar-refractivity contribution in [2.75, 3.05) is 11.9 Å². The van der Waals surface area contributed by atoms with Gasteiger partial charge >= 0.3 is 0 Å². The monoisotopic (exact) mass is 259 g/mol. The second-order valence-corrected chi connectivity index (χ2v) is 5.99. The molecule has 0 radical (unpaired) electrons. The molecule has 3 N–H and O–H groups in total. The van der Waals surface area contributed by atoms with Crippen molar-refractivity contribution in [1.29, 1.82) is 5.41 Å². The summed E-state index contributed by atoms with van der Waals surface area (Å²) in [4.78, 5) is 2.38. The molecular formula is C16H25N3. The van der Waals surface area contributed by atoms with Crippen molar-refractivity contribution in [3.05, 3.63) is 29.8 Å². The van der Waals surface area contributed by atoms with Crippen molar-refractivity contribution in [1.82, 2.24) is 0 Å². The lowest BCUT2D eigenvalue weighted by atomic mass is 9.78. The number of hydrogen-bond acceptors (Lipinski definition) is 2. The lowest BCUT2D eigenvalue weighted by Gasteiger charge is -2.38. The molecule has 1 aliphatic carbocycles. The van der Waals surface area contributed by atoms with Crippen molar-refractivity contribution in [3.8, 4) is 0 Å². The van der Waals surface area contributed by atoms with Gasteiger partial charge < -0.3 is 10.6 Å². The summed E-state index contributed by atoms with van der Waals surface area (Å²) in [5.74, 6) is 1.79. The average Bonchev–Trinajstić information content (AvgIpc) is 2.41. The molecular weight excluding hydrogens is 234 g/mol. The second kappa shape index (κ2) is 5.64. The quantitative estimate of drug-likeness (QED) is 0.647. The predicted molar refractivity (Wildman–Crippen MR) is 81.8 cm³/mol. The van der Waals surface area contributed by atoms with Gasteiger partial charge in [-0.3, -0.25) is 5.41 Å². The van der Waals surface area contributed by atoms with Gasteiger partial charge in [0.1, 0.15) is 5.84 Å². The Morgan fingerprint density at radius 2 is 1.79 bits per heavy atom. The molecule has 2 rings (SSSR count). The van der Waals surface area contributed by atoms with Crippen LogP contribution in [0.15, 0.2) is 24.3 Å². The third-order valence-corrected chi connectivity index (χ3v) is 4.70. The van der Waals surface area contributed by atoms with Gasteiger partial charge in [-0.2, -0.15) is 0 Å². The molecule has 104 valence electrons. The molecule has 0 aliphatic heterocycles. The first-order valence-electron chi connectivity index (χ1n) is 7.16. The summed E-state index contributed by atoms with van der Waals surface area (Å²) >= 11 is 0. The molecule has 3 unspecified atom stereocenters. The van der Waals surface area contributed by atoms with E-state index in [9.17, 15) is 0 Å². The smallest absolute Gasteiger partial charge is 0.122 e. The zero-order valence-corrected chi connectivity index (χ0v) is 12.2. The molecule has 3 heteroatoms. The Morgan fingerprint density at radius 1 is 1.16 bits per heavy atom. The largest absolute Gasteiger partial charge is 0.384 e. The lowest BCUT2D eigenvalue weighted by Crippen LogP contribution is -2.37. The Hall–Kier alpha value is -1.51. The van der Waals surface area contributed by atoms with Gasteiger partial charge in [-0.05, 0) is 55.4 Å². The van der Waals surface area contributed by atoms with E-state index in [1.807, 2.05) is 12.1 Å². The van der Waals surface area contributed by atoms with Gasteiger partial charge in [-0.15, -0.1) is 0 Å². The average molecular weight is 259 g/mol. The van der Waals surface area contributed by atoms with Gasteiger partial charge in [0.25, 0.3) is 0 Å². The van der Waals surface area contributed by atoms with E-state index in [1.165, 1.54) is 24.9 Å². The van der Waals surface area contributed by atoms with E-state index in [0.717, 1.165) is 17.4 Å². The summed E-state index contributed by atoms with van der Waals surface area (Å²) in [6.45, 7) is 4.73. The lowest BCUT2D eigenvalue weighted by molar-refractivity contribution is 0.247. The molecule has 3 atom stereocenters. The van der Waals surface area contributed by atoms with Crippen molar-refractivity contribution >= 4 is 11.5 Å². The Bertz CT molecular complexity index is 438. The summed E-state index contributed by atoms with van der Waals surface area (Å²) in [6.07, 6.45) is 3.87. The Balaban J connectivity index is 2.07. The number of nitrogens with zero attached hydrogens (tertiary/aromatic N) is 1. The number of anilines is 1. The molecule has 0 aromatic heterocycles. The van der Waals surface area contributed by atoms with Gasteiger partial charge in [0.2, 0.25) is 0 Å². The number of hydrogen-bond donors (Lipinski definition) is 2. The van der Waals surface area contributed by atoms with E-state index >= 15 is 0 Å². The maximum Gasteiger partial charge on any atom is 0.122 e. The summed E-state index contributed by atoms with van der Waals surface area (Å²) < 4.78 is 0. The predicted octanol–water partition coefficient (Wildman–Crippen LogP) is 3.23. The Morgan fingerprint density at radius 3 is 2.32 bits per heavy atom. The molecule has 0 spiro atoms. The highest BCUT2D eigenvalue weighted by Gasteiger charge is 2.27. The third kappa shape index (κ3) is 3.09. The number of amidine groups is 1. The number of nitrogen functional groups attached to an aromatic ring is 1. The van der Waals surface area contributed by atoms with Crippen LogP contribution in [0.2, 0.25) is 0 Å². The molecule has 0 saturated heterocycles. The highest BCUT2D eigenvalue weighted by atomic mass is 15.1. The number of nitrogens with one attached hydrogen (secondary N) is 1. The minimum atomic E-state index is 0.134. The van der Waals surface area contributed by atoms with E-state index in [-0.39, 0.29) is 5.84 Å². The van der Waals surface area contributed by atoms with Crippen LogP contribution in [0.1, 0.15) is 38.7 Å². The van der Waals surface area contributed by atoms with Crippen LogP contribution in [0.25, 0.3) is 0 Å². The van der Waals surface area contributed by atoms with Gasteiger partial charge in [-0.1, -0.05) is 13.8 Å². The Labute approximate surface area is 116 Å². The molecule has 0 heterocycles. The zero-order chi connectivity index (χ0) is 14.0. The van der Waals surface area contributed by atoms with Crippen molar-refractivity contribution in [3.63, 3.8) is 0 Å². The van der Waals surface area contributed by atoms with Crippen LogP contribution >= 0.6 is 0 Å². The topological polar surface area (TPSA) is 53.1 Å².